The van der Waals surface area contributed by atoms with E-state index >= 15 is 0 Å². The molecule has 0 heterocycles. The quantitative estimate of drug-likeness (QED) is 0.308. The van der Waals surface area contributed by atoms with Crippen molar-refractivity contribution in [3.8, 4) is 0 Å². The zero-order valence-corrected chi connectivity index (χ0v) is 12.1. The van der Waals surface area contributed by atoms with Crippen molar-refractivity contribution in [1.29, 1.82) is 0 Å². The molecule has 0 aliphatic carbocycles. The molecule has 0 spiro atoms. The van der Waals surface area contributed by atoms with E-state index in [2.05, 4.69) is 5.32 Å². The summed E-state index contributed by atoms with van der Waals surface area (Å²) in [5.41, 5.74) is 5.23. The van der Waals surface area contributed by atoms with E-state index in [-0.39, 0.29) is 51.4 Å². The zero-order valence-electron chi connectivity index (χ0n) is 7.97. The van der Waals surface area contributed by atoms with Crippen LogP contribution in [0.3, 0.4) is 0 Å². The molecule has 4 N–H and O–H groups in total. The van der Waals surface area contributed by atoms with Gasteiger partial charge in [-0.25, -0.2) is 0 Å². The van der Waals surface area contributed by atoms with Gasteiger partial charge in [0.05, 0.1) is 8.56 Å². The van der Waals surface area contributed by atoms with E-state index in [9.17, 15) is 4.80 Å². The molecule has 0 rings (SSSR count). The smallest absolute Gasteiger partial charge is 0.838 e. The fourth-order valence-electron chi connectivity index (χ4n) is 0.768. The molecule has 68 valence electrons. The number of nitrogens with one attached hydrogen (secondary N) is 1. The Hall–Kier alpha value is 1.69. The maximum Gasteiger partial charge on any atom is 1.00 e. The Morgan fingerprint density at radius 2 is 2.08 bits per heavy atom. The first kappa shape index (κ1) is 16.1. The summed E-state index contributed by atoms with van der Waals surface area (Å²) in [4.78, 5) is 19.7. The second-order valence-corrected chi connectivity index (χ2v) is 5.67. The van der Waals surface area contributed by atoms with Crippen LogP contribution in [0, 0.1) is 0 Å². The molecule has 0 radical (unpaired) electrons. The van der Waals surface area contributed by atoms with Crippen molar-refractivity contribution in [2.24, 2.45) is 5.73 Å². The molecule has 0 fully saturated rings. The van der Waals surface area contributed by atoms with Crippen molar-refractivity contribution in [2.75, 3.05) is 19.6 Å². The Morgan fingerprint density at radius 1 is 1.50 bits per heavy atom. The molecule has 0 aromatic heterocycles. The second-order valence-electron chi connectivity index (χ2n) is 2.82. The summed E-state index contributed by atoms with van der Waals surface area (Å²) in [6.07, 6.45) is 0.753. The second kappa shape index (κ2) is 9.26. The van der Waals surface area contributed by atoms with Crippen LogP contribution in [0.15, 0.2) is 0 Å². The van der Waals surface area contributed by atoms with Crippen LogP contribution in [0.5, 0.6) is 0 Å². The average Bonchev–Trinajstić information content (AvgIpc) is 1.85. The van der Waals surface area contributed by atoms with Gasteiger partial charge in [0.25, 0.3) is 0 Å². The Bertz CT molecular complexity index is 100. The Kier molecular flexibility index (Phi) is 12.4. The molecule has 0 saturated carbocycles. The van der Waals surface area contributed by atoms with E-state index in [1.54, 1.807) is 0 Å². The van der Waals surface area contributed by atoms with Crippen LogP contribution < -0.4 is 67.2 Å². The van der Waals surface area contributed by atoms with Gasteiger partial charge >= 0.3 is 51.4 Å². The molecular formula is C6H17KN2O2Si. The van der Waals surface area contributed by atoms with Gasteiger partial charge in [-0.05, 0) is 19.0 Å². The minimum atomic E-state index is -3.04. The van der Waals surface area contributed by atoms with E-state index in [0.717, 1.165) is 19.5 Å². The Balaban J connectivity index is 0. The van der Waals surface area contributed by atoms with Crippen molar-refractivity contribution >= 4 is 8.56 Å². The zero-order chi connectivity index (χ0) is 8.74. The van der Waals surface area contributed by atoms with E-state index in [1.807, 2.05) is 0 Å². The summed E-state index contributed by atoms with van der Waals surface area (Å²) in [6.45, 7) is 3.59. The van der Waals surface area contributed by atoms with Gasteiger partial charge in [0.2, 0.25) is 0 Å². The molecule has 6 heteroatoms. The van der Waals surface area contributed by atoms with Crippen LogP contribution >= 0.6 is 0 Å². The number of nitrogens with two attached hydrogens (primary N) is 1. The third-order valence-electron chi connectivity index (χ3n) is 1.32. The van der Waals surface area contributed by atoms with Crippen molar-refractivity contribution in [3.63, 3.8) is 0 Å². The van der Waals surface area contributed by atoms with Gasteiger partial charge in [-0.3, -0.25) is 0 Å². The maximum absolute atomic E-state index is 10.8. The summed E-state index contributed by atoms with van der Waals surface area (Å²) in [7, 11) is -3.04. The van der Waals surface area contributed by atoms with Crippen LogP contribution in [-0.4, -0.2) is 33.0 Å². The predicted molar refractivity (Wildman–Crippen MR) is 45.2 cm³/mol. The molecule has 0 aliphatic heterocycles. The summed E-state index contributed by atoms with van der Waals surface area (Å²) in [6, 6.07) is 0.421. The molecule has 12 heavy (non-hydrogen) atoms. The van der Waals surface area contributed by atoms with E-state index < -0.39 is 8.56 Å². The first-order chi connectivity index (χ1) is 5.06. The first-order valence-corrected chi connectivity index (χ1v) is 6.46. The fourth-order valence-corrected chi connectivity index (χ4v) is 1.60. The van der Waals surface area contributed by atoms with Crippen molar-refractivity contribution in [1.82, 2.24) is 5.32 Å². The third-order valence-corrected chi connectivity index (χ3v) is 2.60. The maximum atomic E-state index is 10.8. The van der Waals surface area contributed by atoms with Crippen LogP contribution in [0.25, 0.3) is 0 Å². The van der Waals surface area contributed by atoms with Gasteiger partial charge in [-0.15, -0.1) is 0 Å². The summed E-state index contributed by atoms with van der Waals surface area (Å²) in [5.74, 6) is 0. The van der Waals surface area contributed by atoms with Gasteiger partial charge in [0.15, 0.2) is 0 Å². The van der Waals surface area contributed by atoms with E-state index in [1.165, 1.54) is 6.55 Å². The minimum absolute atomic E-state index is 0. The fraction of sp³-hybridized carbons (Fsp3) is 1.00. The number of hydrogen-bond acceptors (Lipinski definition) is 4. The Labute approximate surface area is 118 Å². The predicted octanol–water partition coefficient (Wildman–Crippen LogP) is -4.65. The SMILES string of the molecule is C[Si]([O-])(O)CCCNCCN.[K+]. The van der Waals surface area contributed by atoms with E-state index in [0.29, 0.717) is 12.6 Å². The van der Waals surface area contributed by atoms with Crippen molar-refractivity contribution in [2.45, 2.75) is 19.0 Å². The molecular weight excluding hydrogens is 199 g/mol. The van der Waals surface area contributed by atoms with Crippen molar-refractivity contribution in [3.05, 3.63) is 0 Å². The molecule has 0 aliphatic rings. The molecule has 1 unspecified atom stereocenters. The number of rotatable bonds is 6. The average molecular weight is 216 g/mol. The molecule has 0 aromatic rings. The number of hydrogen-bond donors (Lipinski definition) is 3. The molecule has 0 bridgehead atoms. The molecule has 1 atom stereocenters. The van der Waals surface area contributed by atoms with Gasteiger partial charge in [0, 0.05) is 13.1 Å². The standard InChI is InChI=1S/C6H17N2O2Si.K/c1-11(9,10)6-2-4-8-5-3-7;/h8-9H,2-7H2,1H3;/q-1;+1. The molecule has 0 saturated heterocycles. The minimum Gasteiger partial charge on any atom is -0.838 e. The van der Waals surface area contributed by atoms with Crippen LogP contribution in [0.1, 0.15) is 6.42 Å². The largest absolute Gasteiger partial charge is 1.00 e. The summed E-state index contributed by atoms with van der Waals surface area (Å²) < 4.78 is 0. The van der Waals surface area contributed by atoms with Gasteiger partial charge < -0.3 is 20.6 Å². The molecule has 4 nitrogen and oxygen atoms in total. The normalized spacial score (nSPS) is 15.0. The van der Waals surface area contributed by atoms with Gasteiger partial charge in [0.1, 0.15) is 0 Å². The molecule has 0 aromatic carbocycles. The summed E-state index contributed by atoms with van der Waals surface area (Å²) in [5, 5.41) is 3.05. The topological polar surface area (TPSA) is 81.3 Å². The van der Waals surface area contributed by atoms with Crippen LogP contribution in [0.2, 0.25) is 12.6 Å². The first-order valence-electron chi connectivity index (χ1n) is 3.90. The van der Waals surface area contributed by atoms with Crippen LogP contribution in [0.4, 0.5) is 0 Å². The van der Waals surface area contributed by atoms with Gasteiger partial charge in [-0.1, -0.05) is 6.55 Å². The Morgan fingerprint density at radius 3 is 2.50 bits per heavy atom. The monoisotopic (exact) mass is 216 g/mol. The van der Waals surface area contributed by atoms with Gasteiger partial charge in [-0.2, -0.15) is 0 Å². The third kappa shape index (κ3) is 14.2. The molecule has 0 amide bonds. The van der Waals surface area contributed by atoms with Crippen molar-refractivity contribution < 1.29 is 61.0 Å². The van der Waals surface area contributed by atoms with E-state index in [4.69, 9.17) is 10.5 Å². The summed E-state index contributed by atoms with van der Waals surface area (Å²) >= 11 is 0. The van der Waals surface area contributed by atoms with Crippen LogP contribution in [-0.2, 0) is 0 Å².